The fourth-order valence-corrected chi connectivity index (χ4v) is 4.63. The molecule has 0 aromatic heterocycles. The molecule has 0 fully saturated rings. The number of halogens is 2. The summed E-state index contributed by atoms with van der Waals surface area (Å²) in [7, 11) is 0. The van der Waals surface area contributed by atoms with Gasteiger partial charge in [-0.3, -0.25) is 14.4 Å². The van der Waals surface area contributed by atoms with Gasteiger partial charge in [-0.15, -0.1) is 11.8 Å². The number of rotatable bonds is 9. The summed E-state index contributed by atoms with van der Waals surface area (Å²) >= 11 is 13.6. The van der Waals surface area contributed by atoms with E-state index in [-0.39, 0.29) is 17.4 Å². The van der Waals surface area contributed by atoms with Crippen LogP contribution in [0, 0.1) is 6.92 Å². The van der Waals surface area contributed by atoms with E-state index < -0.39 is 11.8 Å². The maximum absolute atomic E-state index is 13.2. The van der Waals surface area contributed by atoms with Crippen molar-refractivity contribution >= 4 is 70.1 Å². The lowest BCUT2D eigenvalue weighted by Gasteiger charge is -2.12. The van der Waals surface area contributed by atoms with E-state index in [4.69, 9.17) is 23.2 Å². The van der Waals surface area contributed by atoms with Crippen LogP contribution in [0.3, 0.4) is 0 Å². The lowest BCUT2D eigenvalue weighted by Crippen LogP contribution is -2.30. The SMILES string of the molecule is Cc1ccc(NC(=O)CSc2ccc(NC(=O)/C(=C/c3cccc(Cl)c3)NC(=O)c3ccccc3)cc2)cc1Cl. The Morgan fingerprint density at radius 2 is 1.52 bits per heavy atom. The van der Waals surface area contributed by atoms with Gasteiger partial charge in [-0.25, -0.2) is 0 Å². The molecule has 9 heteroatoms. The van der Waals surface area contributed by atoms with Gasteiger partial charge >= 0.3 is 0 Å². The first-order valence-corrected chi connectivity index (χ1v) is 13.9. The molecule has 0 saturated carbocycles. The Morgan fingerprint density at radius 3 is 2.23 bits per heavy atom. The molecule has 0 aliphatic heterocycles. The normalized spacial score (nSPS) is 11.0. The fraction of sp³-hybridized carbons (Fsp3) is 0.0645. The summed E-state index contributed by atoms with van der Waals surface area (Å²) in [6, 6.07) is 28.0. The average Bonchev–Trinajstić information content (AvgIpc) is 2.95. The van der Waals surface area contributed by atoms with Crippen molar-refractivity contribution < 1.29 is 14.4 Å². The average molecular weight is 591 g/mol. The molecular weight excluding hydrogens is 565 g/mol. The summed E-state index contributed by atoms with van der Waals surface area (Å²) in [6.07, 6.45) is 1.56. The van der Waals surface area contributed by atoms with E-state index >= 15 is 0 Å². The zero-order chi connectivity index (χ0) is 28.5. The van der Waals surface area contributed by atoms with Crippen molar-refractivity contribution in [2.45, 2.75) is 11.8 Å². The van der Waals surface area contributed by atoms with Crippen LogP contribution in [0.15, 0.2) is 108 Å². The van der Waals surface area contributed by atoms with E-state index in [1.54, 1.807) is 97.1 Å². The largest absolute Gasteiger partial charge is 0.325 e. The maximum atomic E-state index is 13.2. The van der Waals surface area contributed by atoms with Gasteiger partial charge in [0.25, 0.3) is 11.8 Å². The minimum atomic E-state index is -0.499. The van der Waals surface area contributed by atoms with Gasteiger partial charge in [-0.05, 0) is 84.8 Å². The Labute approximate surface area is 246 Å². The van der Waals surface area contributed by atoms with Crippen molar-refractivity contribution in [1.82, 2.24) is 5.32 Å². The van der Waals surface area contributed by atoms with Gasteiger partial charge in [0.1, 0.15) is 5.70 Å². The van der Waals surface area contributed by atoms with Crippen LogP contribution in [-0.4, -0.2) is 23.5 Å². The second-order valence-electron chi connectivity index (χ2n) is 8.71. The molecular formula is C31H25Cl2N3O3S. The third-order valence-corrected chi connectivity index (χ3v) is 7.28. The van der Waals surface area contributed by atoms with Crippen LogP contribution in [0.1, 0.15) is 21.5 Å². The second kappa shape index (κ2) is 13.8. The molecule has 6 nitrogen and oxygen atoms in total. The Kier molecular flexibility index (Phi) is 10.0. The van der Waals surface area contributed by atoms with E-state index in [9.17, 15) is 14.4 Å². The summed E-state index contributed by atoms with van der Waals surface area (Å²) in [5.74, 6) is -0.870. The van der Waals surface area contributed by atoms with Gasteiger partial charge in [0.05, 0.1) is 5.75 Å². The monoisotopic (exact) mass is 589 g/mol. The van der Waals surface area contributed by atoms with Gasteiger partial charge in [0, 0.05) is 31.9 Å². The van der Waals surface area contributed by atoms with Crippen LogP contribution in [-0.2, 0) is 9.59 Å². The molecule has 0 radical (unpaired) electrons. The van der Waals surface area contributed by atoms with E-state index in [0.717, 1.165) is 10.5 Å². The number of aryl methyl sites for hydroxylation is 1. The number of nitrogens with one attached hydrogen (secondary N) is 3. The Morgan fingerprint density at radius 1 is 0.800 bits per heavy atom. The van der Waals surface area contributed by atoms with Gasteiger partial charge in [0.15, 0.2) is 0 Å². The predicted molar refractivity (Wildman–Crippen MR) is 164 cm³/mol. The number of benzene rings is 4. The van der Waals surface area contributed by atoms with E-state index in [0.29, 0.717) is 32.5 Å². The minimum Gasteiger partial charge on any atom is -0.325 e. The molecule has 0 unspecified atom stereocenters. The Hall–Kier alpha value is -4.04. The molecule has 40 heavy (non-hydrogen) atoms. The van der Waals surface area contributed by atoms with E-state index in [1.807, 2.05) is 13.0 Å². The van der Waals surface area contributed by atoms with Crippen molar-refractivity contribution in [3.63, 3.8) is 0 Å². The number of carbonyl (C=O) groups excluding carboxylic acids is 3. The highest BCUT2D eigenvalue weighted by Gasteiger charge is 2.15. The highest BCUT2D eigenvalue weighted by atomic mass is 35.5. The van der Waals surface area contributed by atoms with Crippen LogP contribution >= 0.6 is 35.0 Å². The molecule has 4 aromatic carbocycles. The summed E-state index contributed by atoms with van der Waals surface area (Å²) in [6.45, 7) is 1.90. The zero-order valence-electron chi connectivity index (χ0n) is 21.4. The first-order valence-electron chi connectivity index (χ1n) is 12.2. The first kappa shape index (κ1) is 29.0. The third kappa shape index (κ3) is 8.48. The highest BCUT2D eigenvalue weighted by Crippen LogP contribution is 2.23. The minimum absolute atomic E-state index is 0.0578. The molecule has 0 aliphatic rings. The van der Waals surface area contributed by atoms with E-state index in [2.05, 4.69) is 16.0 Å². The molecule has 3 N–H and O–H groups in total. The smallest absolute Gasteiger partial charge is 0.272 e. The quantitative estimate of drug-likeness (QED) is 0.140. The van der Waals surface area contributed by atoms with Crippen molar-refractivity contribution in [3.8, 4) is 0 Å². The topological polar surface area (TPSA) is 87.3 Å². The summed E-state index contributed by atoms with van der Waals surface area (Å²) in [5.41, 5.74) is 3.24. The van der Waals surface area contributed by atoms with Crippen molar-refractivity contribution in [3.05, 3.63) is 129 Å². The summed E-state index contributed by atoms with van der Waals surface area (Å²) in [5, 5.41) is 9.44. The molecule has 0 spiro atoms. The van der Waals surface area contributed by atoms with Crippen LogP contribution in [0.25, 0.3) is 6.08 Å². The zero-order valence-corrected chi connectivity index (χ0v) is 23.7. The maximum Gasteiger partial charge on any atom is 0.272 e. The predicted octanol–water partition coefficient (Wildman–Crippen LogP) is 7.44. The standard InChI is InChI=1S/C31H25Cl2N3O3S/c1-20-10-11-25(18-27(20)33)34-29(37)19-40-26-14-12-24(13-15-26)35-31(39)28(17-21-6-5-9-23(32)16-21)36-30(38)22-7-3-2-4-8-22/h2-18H,19H2,1H3,(H,34,37)(H,35,39)(H,36,38)/b28-17-. The van der Waals surface area contributed by atoms with Gasteiger partial charge in [0.2, 0.25) is 5.91 Å². The number of hydrogen-bond donors (Lipinski definition) is 3. The summed E-state index contributed by atoms with van der Waals surface area (Å²) < 4.78 is 0. The Balaban J connectivity index is 1.40. The molecule has 202 valence electrons. The lowest BCUT2D eigenvalue weighted by molar-refractivity contribution is -0.114. The molecule has 4 aromatic rings. The molecule has 0 heterocycles. The van der Waals surface area contributed by atoms with Gasteiger partial charge < -0.3 is 16.0 Å². The van der Waals surface area contributed by atoms with Crippen LogP contribution < -0.4 is 16.0 Å². The van der Waals surface area contributed by atoms with Crippen molar-refractivity contribution in [2.24, 2.45) is 0 Å². The van der Waals surface area contributed by atoms with Crippen LogP contribution in [0.5, 0.6) is 0 Å². The number of thioether (sulfide) groups is 1. The molecule has 3 amide bonds. The molecule has 4 rings (SSSR count). The number of anilines is 2. The van der Waals surface area contributed by atoms with Crippen LogP contribution in [0.2, 0.25) is 10.0 Å². The molecule has 0 bridgehead atoms. The van der Waals surface area contributed by atoms with E-state index in [1.165, 1.54) is 11.8 Å². The van der Waals surface area contributed by atoms with Crippen molar-refractivity contribution in [1.29, 1.82) is 0 Å². The molecule has 0 aliphatic carbocycles. The van der Waals surface area contributed by atoms with Crippen LogP contribution in [0.4, 0.5) is 11.4 Å². The first-order chi connectivity index (χ1) is 19.3. The summed E-state index contributed by atoms with van der Waals surface area (Å²) in [4.78, 5) is 39.2. The fourth-order valence-electron chi connectivity index (χ4n) is 3.55. The number of carbonyl (C=O) groups is 3. The van der Waals surface area contributed by atoms with Crippen molar-refractivity contribution in [2.75, 3.05) is 16.4 Å². The Bertz CT molecular complexity index is 1560. The second-order valence-corrected chi connectivity index (χ2v) is 10.6. The molecule has 0 atom stereocenters. The lowest BCUT2D eigenvalue weighted by atomic mass is 10.1. The molecule has 0 saturated heterocycles. The third-order valence-electron chi connectivity index (χ3n) is 5.63. The van der Waals surface area contributed by atoms with Gasteiger partial charge in [-0.1, -0.05) is 59.6 Å². The highest BCUT2D eigenvalue weighted by molar-refractivity contribution is 8.00. The van der Waals surface area contributed by atoms with Gasteiger partial charge in [-0.2, -0.15) is 0 Å². The number of hydrogen-bond acceptors (Lipinski definition) is 4. The number of amides is 3.